The fourth-order valence-corrected chi connectivity index (χ4v) is 1.34. The summed E-state index contributed by atoms with van der Waals surface area (Å²) >= 11 is 0. The second-order valence-corrected chi connectivity index (χ2v) is 3.36. The van der Waals surface area contributed by atoms with Crippen molar-refractivity contribution in [3.63, 3.8) is 0 Å². The summed E-state index contributed by atoms with van der Waals surface area (Å²) in [5, 5.41) is 22.1. The summed E-state index contributed by atoms with van der Waals surface area (Å²) in [6, 6.07) is 6.38. The SMILES string of the molecule is CNCC(O)C(O)c1ccc(N=C=O)cc1. The van der Waals surface area contributed by atoms with Gasteiger partial charge < -0.3 is 15.5 Å². The lowest BCUT2D eigenvalue weighted by Crippen LogP contribution is -2.29. The molecule has 16 heavy (non-hydrogen) atoms. The standard InChI is InChI=1S/C11H14N2O3/c1-12-6-10(15)11(16)8-2-4-9(5-3-8)13-7-14/h2-5,10-12,15-16H,6H2,1H3. The zero-order valence-corrected chi connectivity index (χ0v) is 8.92. The average Bonchev–Trinajstić information content (AvgIpc) is 2.30. The Morgan fingerprint density at radius 1 is 1.38 bits per heavy atom. The Morgan fingerprint density at radius 3 is 2.50 bits per heavy atom. The van der Waals surface area contributed by atoms with Gasteiger partial charge in [-0.25, -0.2) is 4.79 Å². The molecule has 0 saturated heterocycles. The smallest absolute Gasteiger partial charge is 0.240 e. The quantitative estimate of drug-likeness (QED) is 0.493. The highest BCUT2D eigenvalue weighted by atomic mass is 16.3. The van der Waals surface area contributed by atoms with Crippen LogP contribution in [0.15, 0.2) is 29.3 Å². The number of hydrogen-bond acceptors (Lipinski definition) is 5. The monoisotopic (exact) mass is 222 g/mol. The van der Waals surface area contributed by atoms with Crippen LogP contribution in [0.1, 0.15) is 11.7 Å². The largest absolute Gasteiger partial charge is 0.389 e. The van der Waals surface area contributed by atoms with E-state index in [2.05, 4.69) is 10.3 Å². The van der Waals surface area contributed by atoms with Crippen molar-refractivity contribution in [2.24, 2.45) is 4.99 Å². The number of aliphatic imine (C=N–C) groups is 1. The molecule has 0 amide bonds. The minimum Gasteiger partial charge on any atom is -0.389 e. The first-order chi connectivity index (χ1) is 7.69. The summed E-state index contributed by atoms with van der Waals surface area (Å²) in [6.07, 6.45) is -0.398. The zero-order chi connectivity index (χ0) is 12.0. The highest BCUT2D eigenvalue weighted by Gasteiger charge is 2.16. The number of hydrogen-bond donors (Lipinski definition) is 3. The molecule has 0 saturated carbocycles. The second kappa shape index (κ2) is 6.15. The molecule has 0 bridgehead atoms. The zero-order valence-electron chi connectivity index (χ0n) is 8.92. The maximum atomic E-state index is 10.00. The summed E-state index contributed by atoms with van der Waals surface area (Å²) in [6.45, 7) is 0.301. The van der Waals surface area contributed by atoms with Crippen LogP contribution in [-0.2, 0) is 4.79 Å². The van der Waals surface area contributed by atoms with Crippen molar-refractivity contribution >= 4 is 11.8 Å². The van der Waals surface area contributed by atoms with E-state index in [1.165, 1.54) is 6.08 Å². The van der Waals surface area contributed by atoms with Crippen LogP contribution in [0.3, 0.4) is 0 Å². The van der Waals surface area contributed by atoms with Gasteiger partial charge in [-0.15, -0.1) is 0 Å². The Labute approximate surface area is 93.5 Å². The summed E-state index contributed by atoms with van der Waals surface area (Å²) in [4.78, 5) is 13.4. The first kappa shape index (κ1) is 12.5. The van der Waals surface area contributed by atoms with Crippen molar-refractivity contribution in [3.05, 3.63) is 29.8 Å². The Balaban J connectivity index is 2.76. The molecule has 3 N–H and O–H groups in total. The highest BCUT2D eigenvalue weighted by molar-refractivity contribution is 5.49. The van der Waals surface area contributed by atoms with Crippen LogP contribution in [-0.4, -0.2) is 36.0 Å². The van der Waals surface area contributed by atoms with Crippen LogP contribution < -0.4 is 5.32 Å². The van der Waals surface area contributed by atoms with Crippen molar-refractivity contribution in [2.75, 3.05) is 13.6 Å². The summed E-state index contributed by atoms with van der Waals surface area (Å²) in [5.74, 6) is 0. The van der Waals surface area contributed by atoms with E-state index in [9.17, 15) is 15.0 Å². The summed E-state index contributed by atoms with van der Waals surface area (Å²) < 4.78 is 0. The molecule has 1 aromatic rings. The normalized spacial score (nSPS) is 13.9. The van der Waals surface area contributed by atoms with Gasteiger partial charge in [-0.2, -0.15) is 4.99 Å². The third kappa shape index (κ3) is 3.25. The molecular weight excluding hydrogens is 208 g/mol. The Hall–Kier alpha value is -1.52. The molecule has 0 heterocycles. The van der Waals surface area contributed by atoms with Gasteiger partial charge in [0.1, 0.15) is 6.10 Å². The van der Waals surface area contributed by atoms with Crippen LogP contribution in [0.5, 0.6) is 0 Å². The maximum Gasteiger partial charge on any atom is 0.240 e. The molecular formula is C11H14N2O3. The van der Waals surface area contributed by atoms with E-state index in [0.29, 0.717) is 17.8 Å². The van der Waals surface area contributed by atoms with E-state index in [-0.39, 0.29) is 0 Å². The van der Waals surface area contributed by atoms with E-state index >= 15 is 0 Å². The number of benzene rings is 1. The topological polar surface area (TPSA) is 81.9 Å². The molecule has 1 rings (SSSR count). The van der Waals surface area contributed by atoms with E-state index < -0.39 is 12.2 Å². The minimum atomic E-state index is -0.957. The lowest BCUT2D eigenvalue weighted by atomic mass is 10.0. The lowest BCUT2D eigenvalue weighted by Gasteiger charge is -2.17. The Kier molecular flexibility index (Phi) is 4.82. The van der Waals surface area contributed by atoms with Gasteiger partial charge in [-0.1, -0.05) is 12.1 Å². The predicted octanol–water partition coefficient (Wildman–Crippen LogP) is 0.268. The highest BCUT2D eigenvalue weighted by Crippen LogP contribution is 2.20. The number of likely N-dealkylation sites (N-methyl/N-ethyl adjacent to an activating group) is 1. The molecule has 5 nitrogen and oxygen atoms in total. The summed E-state index contributed by atoms with van der Waals surface area (Å²) in [7, 11) is 1.69. The van der Waals surface area contributed by atoms with Crippen LogP contribution >= 0.6 is 0 Å². The fraction of sp³-hybridized carbons (Fsp3) is 0.364. The third-order valence-corrected chi connectivity index (χ3v) is 2.19. The molecule has 0 aliphatic rings. The number of nitrogens with one attached hydrogen (secondary N) is 1. The minimum absolute atomic E-state index is 0.301. The first-order valence-electron chi connectivity index (χ1n) is 4.87. The fourth-order valence-electron chi connectivity index (χ4n) is 1.34. The van der Waals surface area contributed by atoms with Crippen molar-refractivity contribution in [2.45, 2.75) is 12.2 Å². The molecule has 5 heteroatoms. The number of aliphatic hydroxyl groups excluding tert-OH is 2. The van der Waals surface area contributed by atoms with Crippen molar-refractivity contribution in [1.29, 1.82) is 0 Å². The van der Waals surface area contributed by atoms with Crippen LogP contribution in [0.25, 0.3) is 0 Å². The number of aliphatic hydroxyl groups is 2. The number of nitrogens with zero attached hydrogens (tertiary/aromatic N) is 1. The van der Waals surface area contributed by atoms with Crippen LogP contribution in [0.4, 0.5) is 5.69 Å². The molecule has 0 aliphatic heterocycles. The lowest BCUT2D eigenvalue weighted by molar-refractivity contribution is 0.0202. The van der Waals surface area contributed by atoms with Crippen molar-refractivity contribution < 1.29 is 15.0 Å². The molecule has 0 radical (unpaired) electrons. The molecule has 0 aliphatic carbocycles. The Morgan fingerprint density at radius 2 is 2.00 bits per heavy atom. The van der Waals surface area contributed by atoms with Crippen molar-refractivity contribution in [3.8, 4) is 0 Å². The van der Waals surface area contributed by atoms with E-state index in [4.69, 9.17) is 0 Å². The van der Waals surface area contributed by atoms with Crippen molar-refractivity contribution in [1.82, 2.24) is 5.32 Å². The predicted molar refractivity (Wildman–Crippen MR) is 59.1 cm³/mol. The van der Waals surface area contributed by atoms with Crippen LogP contribution in [0, 0.1) is 0 Å². The van der Waals surface area contributed by atoms with Gasteiger partial charge in [-0.3, -0.25) is 0 Å². The van der Waals surface area contributed by atoms with Crippen LogP contribution in [0.2, 0.25) is 0 Å². The van der Waals surface area contributed by atoms with Gasteiger partial charge in [0.15, 0.2) is 0 Å². The maximum absolute atomic E-state index is 10.00. The van der Waals surface area contributed by atoms with Gasteiger partial charge in [-0.05, 0) is 24.7 Å². The van der Waals surface area contributed by atoms with E-state index in [1.54, 1.807) is 31.3 Å². The van der Waals surface area contributed by atoms with Gasteiger partial charge >= 0.3 is 0 Å². The third-order valence-electron chi connectivity index (χ3n) is 2.19. The van der Waals surface area contributed by atoms with E-state index in [1.807, 2.05) is 0 Å². The molecule has 0 aromatic heterocycles. The molecule has 2 unspecified atom stereocenters. The molecule has 1 aromatic carbocycles. The molecule has 86 valence electrons. The summed E-state index contributed by atoms with van der Waals surface area (Å²) in [5.41, 5.74) is 1.04. The average molecular weight is 222 g/mol. The second-order valence-electron chi connectivity index (χ2n) is 3.36. The molecule has 0 fully saturated rings. The molecule has 2 atom stereocenters. The Bertz CT molecular complexity index is 371. The first-order valence-corrected chi connectivity index (χ1v) is 4.87. The van der Waals surface area contributed by atoms with Gasteiger partial charge in [0.25, 0.3) is 0 Å². The van der Waals surface area contributed by atoms with Gasteiger partial charge in [0, 0.05) is 6.54 Å². The molecule has 0 spiro atoms. The van der Waals surface area contributed by atoms with Gasteiger partial charge in [0.05, 0.1) is 11.8 Å². The van der Waals surface area contributed by atoms with Gasteiger partial charge in [0.2, 0.25) is 6.08 Å². The number of carbonyl (C=O) groups excluding carboxylic acids is 1. The number of rotatable bonds is 5. The van der Waals surface area contributed by atoms with E-state index in [0.717, 1.165) is 0 Å². The number of isocyanates is 1.